The van der Waals surface area contributed by atoms with E-state index in [0.717, 1.165) is 11.8 Å². The Labute approximate surface area is 232 Å². The molecule has 4 N–H and O–H groups in total. The molecular formula is C24H31FN6O4S. The summed E-state index contributed by atoms with van der Waals surface area (Å²) >= 11 is 0.965. The van der Waals surface area contributed by atoms with E-state index in [-0.39, 0.29) is 15.4 Å². The number of hydrogen-bond acceptors (Lipinski definition) is 10. The van der Waals surface area contributed by atoms with Gasteiger partial charge in [-0.3, -0.25) is 0 Å². The molecule has 36 heavy (non-hydrogen) atoms. The Morgan fingerprint density at radius 3 is 2.97 bits per heavy atom. The number of ether oxygens (including phenoxy) is 1. The minimum atomic E-state index is -4.09. The van der Waals surface area contributed by atoms with E-state index in [1.807, 2.05) is 0 Å². The largest absolute Gasteiger partial charge is 0.394 e. The molecule has 1 aromatic carbocycles. The molecule has 3 aromatic rings. The molecule has 0 saturated heterocycles. The van der Waals surface area contributed by atoms with Crippen LogP contribution in [-0.2, 0) is 4.74 Å². The molecule has 2 saturated carbocycles. The summed E-state index contributed by atoms with van der Waals surface area (Å²) in [4.78, 5) is 8.45. The second kappa shape index (κ2) is 10.5. The van der Waals surface area contributed by atoms with Gasteiger partial charge in [-0.25, -0.2) is 19.0 Å². The second-order valence-electron chi connectivity index (χ2n) is 7.67. The fourth-order valence-corrected chi connectivity index (χ4v) is 3.96. The van der Waals surface area contributed by atoms with Crippen molar-refractivity contribution in [2.24, 2.45) is 0 Å². The number of halogens is 1. The van der Waals surface area contributed by atoms with Crippen molar-refractivity contribution in [2.45, 2.75) is 74.4 Å². The Balaban J connectivity index is 1.70. The molecule has 0 spiro atoms. The standard InChI is InChI=1S/C24H31FN6O4S/c1-3-8-36-24-27-22(26-16-10-14(16)13-5-4-12(2)15(25)9-13)19-23(28-24)31(30-29-19)17-11-18(35-7-6-32)21(34)20(17)33/h4-5,9,14,16-18,20-21,32-34H,3,6-8,10-11H2,1-2H3,(H,26,27,28)/t14-,16+,17+,18-,20-,21+/m0/s1/i4D,5D,6D2,9D,10D2,11D2,16D,17D,18D,20D,21D. The summed E-state index contributed by atoms with van der Waals surface area (Å²) in [7, 11) is 0. The monoisotopic (exact) mass is 532 g/mol. The van der Waals surface area contributed by atoms with Gasteiger partial charge < -0.3 is 25.4 Å². The third-order valence-electron chi connectivity index (χ3n) is 5.11. The topological polar surface area (TPSA) is 138 Å². The summed E-state index contributed by atoms with van der Waals surface area (Å²) in [5.41, 5.74) is -2.13. The molecule has 0 radical (unpaired) electrons. The fourth-order valence-electron chi connectivity index (χ4n) is 3.27. The molecule has 12 heteroatoms. The van der Waals surface area contributed by atoms with Crippen LogP contribution >= 0.6 is 11.8 Å². The van der Waals surface area contributed by atoms with Crippen molar-refractivity contribution in [3.8, 4) is 0 Å². The average Bonchev–Trinajstić information content (AvgIpc) is 3.25. The number of benzene rings is 1. The number of aliphatic hydroxyl groups is 3. The van der Waals surface area contributed by atoms with Gasteiger partial charge in [0.2, 0.25) is 0 Å². The molecular weight excluding hydrogens is 487 g/mol. The average molecular weight is 533 g/mol. The Kier molecular flexibility index (Phi) is 3.93. The highest BCUT2D eigenvalue weighted by molar-refractivity contribution is 7.99. The van der Waals surface area contributed by atoms with Crippen LogP contribution in [0.5, 0.6) is 0 Å². The van der Waals surface area contributed by atoms with E-state index in [1.165, 1.54) is 6.92 Å². The van der Waals surface area contributed by atoms with Crippen LogP contribution < -0.4 is 5.32 Å². The van der Waals surface area contributed by atoms with Crippen molar-refractivity contribution >= 4 is 28.7 Å². The third kappa shape index (κ3) is 4.92. The van der Waals surface area contributed by atoms with Crippen LogP contribution in [0.15, 0.2) is 23.3 Å². The maximum atomic E-state index is 14.9. The number of fused-ring (bicyclic) bond motifs is 1. The van der Waals surface area contributed by atoms with Gasteiger partial charge in [0.15, 0.2) is 22.1 Å². The second-order valence-corrected chi connectivity index (χ2v) is 8.73. The van der Waals surface area contributed by atoms with Gasteiger partial charge in [-0.05, 0) is 36.9 Å². The van der Waals surface area contributed by atoms with Gasteiger partial charge in [-0.1, -0.05) is 36.0 Å². The van der Waals surface area contributed by atoms with Crippen molar-refractivity contribution in [1.29, 1.82) is 0 Å². The summed E-state index contributed by atoms with van der Waals surface area (Å²) in [6.07, 6.45) is -18.0. The molecule has 10 nitrogen and oxygen atoms in total. The van der Waals surface area contributed by atoms with Gasteiger partial charge in [0, 0.05) is 29.5 Å². The number of hydrogen-bond donors (Lipinski definition) is 4. The van der Waals surface area contributed by atoms with E-state index < -0.39 is 109 Å². The van der Waals surface area contributed by atoms with Gasteiger partial charge in [0.05, 0.1) is 39.0 Å². The lowest BCUT2D eigenvalue weighted by Crippen LogP contribution is -2.33. The summed E-state index contributed by atoms with van der Waals surface area (Å²) in [5, 5.41) is 41.5. The van der Waals surface area contributed by atoms with Crippen LogP contribution in [0.4, 0.5) is 10.2 Å². The zero-order chi connectivity index (χ0) is 38.0. The number of nitrogens with one attached hydrogen (secondary N) is 1. The number of nitrogens with zero attached hydrogens (tertiary/aromatic N) is 5. The Bertz CT molecular complexity index is 1860. The van der Waals surface area contributed by atoms with Gasteiger partial charge in [0.1, 0.15) is 18.0 Å². The first kappa shape index (κ1) is 13.4. The Hall–Kier alpha value is -2.38. The molecule has 2 fully saturated rings. The molecule has 2 heterocycles. The summed E-state index contributed by atoms with van der Waals surface area (Å²) in [5.74, 6) is -3.06. The number of anilines is 1. The first-order chi connectivity index (χ1) is 22.6. The predicted molar refractivity (Wildman–Crippen MR) is 133 cm³/mol. The first-order valence-electron chi connectivity index (χ1n) is 17.7. The highest BCUT2D eigenvalue weighted by Crippen LogP contribution is 2.44. The van der Waals surface area contributed by atoms with Crippen LogP contribution in [0, 0.1) is 12.7 Å². The van der Waals surface area contributed by atoms with Crippen molar-refractivity contribution in [2.75, 3.05) is 24.2 Å². The quantitative estimate of drug-likeness (QED) is 0.227. The van der Waals surface area contributed by atoms with E-state index in [2.05, 4.69) is 25.6 Å². The highest BCUT2D eigenvalue weighted by atomic mass is 32.2. The predicted octanol–water partition coefficient (Wildman–Crippen LogP) is 2.18. The lowest BCUT2D eigenvalue weighted by atomic mass is 10.1. The van der Waals surface area contributed by atoms with Gasteiger partial charge in [-0.2, -0.15) is 0 Å². The van der Waals surface area contributed by atoms with Crippen molar-refractivity contribution < 1.29 is 43.6 Å². The van der Waals surface area contributed by atoms with Crippen molar-refractivity contribution in [1.82, 2.24) is 25.0 Å². The van der Waals surface area contributed by atoms with Crippen molar-refractivity contribution in [3.63, 3.8) is 0 Å². The van der Waals surface area contributed by atoms with E-state index in [4.69, 9.17) is 23.9 Å². The summed E-state index contributed by atoms with van der Waals surface area (Å²) < 4.78 is 137. The SMILES string of the molecule is [2H]c1c([2H])c([C@@H]2C([2H])([2H])[C@@]2([2H])Nc2nc(SCCC)nc3c2nnn3[C@]2([2H])C([2H])([2H])[C@]([2H])(OCC([2H])([2H])O)[C@@]([2H])(O)[C@@]2([2H])O)c([2H])c(F)c1C. The van der Waals surface area contributed by atoms with Crippen molar-refractivity contribution in [3.05, 3.63) is 35.1 Å². The number of thioether (sulfide) groups is 1. The molecule has 0 aliphatic heterocycles. The Morgan fingerprint density at radius 2 is 2.19 bits per heavy atom. The fraction of sp³-hybridized carbons (Fsp3) is 0.583. The van der Waals surface area contributed by atoms with E-state index in [1.54, 1.807) is 6.92 Å². The zero-order valence-electron chi connectivity index (χ0n) is 33.0. The molecule has 0 amide bonds. The maximum Gasteiger partial charge on any atom is 0.191 e. The molecule has 5 rings (SSSR count). The van der Waals surface area contributed by atoms with Gasteiger partial charge in [-0.15, -0.1) is 5.10 Å². The van der Waals surface area contributed by atoms with E-state index >= 15 is 0 Å². The maximum absolute atomic E-state index is 14.9. The lowest BCUT2D eigenvalue weighted by Gasteiger charge is -2.17. The smallest absolute Gasteiger partial charge is 0.191 e. The van der Waals surface area contributed by atoms with E-state index in [0.29, 0.717) is 12.2 Å². The van der Waals surface area contributed by atoms with Gasteiger partial charge >= 0.3 is 0 Å². The van der Waals surface area contributed by atoms with Crippen LogP contribution in [0.25, 0.3) is 11.2 Å². The first-order valence-corrected chi connectivity index (χ1v) is 11.7. The summed E-state index contributed by atoms with van der Waals surface area (Å²) in [6.45, 7) is -1.83. The number of aromatic nitrogens is 5. The van der Waals surface area contributed by atoms with Gasteiger partial charge in [0.25, 0.3) is 0 Å². The number of rotatable bonds is 10. The molecule has 0 unspecified atom stereocenters. The highest BCUT2D eigenvalue weighted by Gasteiger charge is 2.45. The van der Waals surface area contributed by atoms with Crippen LogP contribution in [0.1, 0.15) is 68.3 Å². The molecule has 6 atom stereocenters. The van der Waals surface area contributed by atoms with Crippen LogP contribution in [-0.4, -0.2) is 83.5 Å². The third-order valence-corrected chi connectivity index (χ3v) is 6.16. The Morgan fingerprint density at radius 1 is 1.36 bits per heavy atom. The van der Waals surface area contributed by atoms with Crippen LogP contribution in [0.2, 0.25) is 0 Å². The minimum absolute atomic E-state index is 0.159. The molecule has 2 aromatic heterocycles. The molecule has 0 bridgehead atoms. The molecule has 2 aliphatic carbocycles. The molecule has 194 valence electrons. The lowest BCUT2D eigenvalue weighted by molar-refractivity contribution is -0.0629. The summed E-state index contributed by atoms with van der Waals surface area (Å²) in [6, 6.07) is -8.47. The van der Waals surface area contributed by atoms with E-state index in [9.17, 15) is 19.7 Å². The minimum Gasteiger partial charge on any atom is -0.394 e. The zero-order valence-corrected chi connectivity index (χ0v) is 19.8. The normalized spacial score (nSPS) is 46.7. The molecule has 2 aliphatic rings. The van der Waals surface area contributed by atoms with Crippen LogP contribution in [0.3, 0.4) is 0 Å².